The minimum Gasteiger partial charge on any atom is -0.493 e. The molecule has 0 spiro atoms. The Kier molecular flexibility index (Phi) is 5.57. The van der Waals surface area contributed by atoms with Crippen molar-refractivity contribution >= 4 is 16.5 Å². The second-order valence-electron chi connectivity index (χ2n) is 9.01. The van der Waals surface area contributed by atoms with Gasteiger partial charge in [0.1, 0.15) is 11.6 Å². The number of aliphatic hydroxyl groups is 1. The Hall–Kier alpha value is -2.80. The predicted octanol–water partition coefficient (Wildman–Crippen LogP) is 5.99. The Balaban J connectivity index is 1.65. The summed E-state index contributed by atoms with van der Waals surface area (Å²) >= 11 is 0. The summed E-state index contributed by atoms with van der Waals surface area (Å²) in [6, 6.07) is 15.2. The molecule has 0 bridgehead atoms. The molecule has 1 aliphatic rings. The summed E-state index contributed by atoms with van der Waals surface area (Å²) in [6.45, 7) is 2.75. The summed E-state index contributed by atoms with van der Waals surface area (Å²) in [5.74, 6) is -0.107. The Morgan fingerprint density at radius 3 is 2.50 bits per heavy atom. The highest BCUT2D eigenvalue weighted by Gasteiger charge is 2.56. The number of halogens is 4. The highest BCUT2D eigenvalue weighted by atomic mass is 19.4. The third-order valence-corrected chi connectivity index (χ3v) is 6.10. The molecular formula is C25H25F4NO2. The average Bonchev–Trinajstić information content (AvgIpc) is 3.18. The van der Waals surface area contributed by atoms with Crippen molar-refractivity contribution < 1.29 is 27.4 Å². The van der Waals surface area contributed by atoms with E-state index in [1.165, 1.54) is 12.1 Å². The second-order valence-corrected chi connectivity index (χ2v) is 9.01. The SMILES string of the molecule is CC(C)(CC(O)(CNc1cccc2ccccc12)C(F)(F)F)c1cc(F)cc2c1OCC2. The number of ether oxygens (including phenoxy) is 1. The number of benzene rings is 3. The number of fused-ring (bicyclic) bond motifs is 2. The van der Waals surface area contributed by atoms with Crippen LogP contribution in [0.3, 0.4) is 0 Å². The Morgan fingerprint density at radius 1 is 1.03 bits per heavy atom. The van der Waals surface area contributed by atoms with E-state index in [4.69, 9.17) is 4.74 Å². The molecule has 170 valence electrons. The van der Waals surface area contributed by atoms with E-state index in [0.29, 0.717) is 35.6 Å². The van der Waals surface area contributed by atoms with E-state index in [0.717, 1.165) is 10.8 Å². The second kappa shape index (κ2) is 7.96. The molecule has 2 N–H and O–H groups in total. The van der Waals surface area contributed by atoms with E-state index in [-0.39, 0.29) is 0 Å². The van der Waals surface area contributed by atoms with Crippen molar-refractivity contribution in [1.82, 2.24) is 0 Å². The molecule has 1 heterocycles. The normalized spacial score (nSPS) is 15.8. The monoisotopic (exact) mass is 447 g/mol. The van der Waals surface area contributed by atoms with Crippen LogP contribution in [-0.4, -0.2) is 30.0 Å². The summed E-state index contributed by atoms with van der Waals surface area (Å²) < 4.78 is 62.2. The van der Waals surface area contributed by atoms with Crippen LogP contribution in [0.2, 0.25) is 0 Å². The molecule has 0 aliphatic carbocycles. The lowest BCUT2D eigenvalue weighted by Crippen LogP contribution is -2.53. The zero-order valence-electron chi connectivity index (χ0n) is 17.9. The maximum Gasteiger partial charge on any atom is 0.418 e. The lowest BCUT2D eigenvalue weighted by atomic mass is 9.74. The maximum absolute atomic E-state index is 14.2. The number of alkyl halides is 3. The lowest BCUT2D eigenvalue weighted by Gasteiger charge is -2.38. The fourth-order valence-corrected chi connectivity index (χ4v) is 4.48. The first-order chi connectivity index (χ1) is 15.0. The minimum absolute atomic E-state index is 0.331. The summed E-state index contributed by atoms with van der Waals surface area (Å²) in [5.41, 5.74) is -2.79. The molecule has 0 aromatic heterocycles. The third-order valence-electron chi connectivity index (χ3n) is 6.10. The zero-order chi connectivity index (χ0) is 23.1. The number of hydrogen-bond acceptors (Lipinski definition) is 3. The van der Waals surface area contributed by atoms with Crippen molar-refractivity contribution in [1.29, 1.82) is 0 Å². The summed E-state index contributed by atoms with van der Waals surface area (Å²) in [6.07, 6.45) is -5.07. The van der Waals surface area contributed by atoms with Crippen molar-refractivity contribution in [3.63, 3.8) is 0 Å². The zero-order valence-corrected chi connectivity index (χ0v) is 17.9. The quantitative estimate of drug-likeness (QED) is 0.457. The Morgan fingerprint density at radius 2 is 1.75 bits per heavy atom. The third kappa shape index (κ3) is 4.13. The minimum atomic E-state index is -4.90. The van der Waals surface area contributed by atoms with Crippen LogP contribution in [0, 0.1) is 5.82 Å². The molecule has 0 fully saturated rings. The van der Waals surface area contributed by atoms with Crippen molar-refractivity contribution in [3.8, 4) is 5.75 Å². The van der Waals surface area contributed by atoms with Gasteiger partial charge in [0.15, 0.2) is 5.60 Å². The van der Waals surface area contributed by atoms with Gasteiger partial charge in [-0.05, 0) is 35.4 Å². The average molecular weight is 447 g/mol. The van der Waals surface area contributed by atoms with Gasteiger partial charge in [-0.1, -0.05) is 50.2 Å². The van der Waals surface area contributed by atoms with Crippen LogP contribution < -0.4 is 10.1 Å². The van der Waals surface area contributed by atoms with E-state index in [1.54, 1.807) is 32.0 Å². The molecule has 3 aromatic rings. The van der Waals surface area contributed by atoms with Gasteiger partial charge in [-0.25, -0.2) is 4.39 Å². The first-order valence-electron chi connectivity index (χ1n) is 10.5. The number of rotatable bonds is 6. The molecule has 7 heteroatoms. The molecule has 0 saturated carbocycles. The maximum atomic E-state index is 14.2. The van der Waals surface area contributed by atoms with Gasteiger partial charge in [0.2, 0.25) is 0 Å². The van der Waals surface area contributed by atoms with Crippen LogP contribution in [0.1, 0.15) is 31.4 Å². The summed E-state index contributed by atoms with van der Waals surface area (Å²) in [7, 11) is 0. The molecule has 4 rings (SSSR count). The van der Waals surface area contributed by atoms with E-state index in [1.807, 2.05) is 24.3 Å². The number of nitrogens with one attached hydrogen (secondary N) is 1. The van der Waals surface area contributed by atoms with Crippen LogP contribution in [0.25, 0.3) is 10.8 Å². The largest absolute Gasteiger partial charge is 0.493 e. The van der Waals surface area contributed by atoms with E-state index < -0.39 is 36.0 Å². The van der Waals surface area contributed by atoms with E-state index >= 15 is 0 Å². The van der Waals surface area contributed by atoms with Crippen LogP contribution in [-0.2, 0) is 11.8 Å². The first-order valence-corrected chi connectivity index (χ1v) is 10.5. The molecule has 3 aromatic carbocycles. The topological polar surface area (TPSA) is 41.5 Å². The molecule has 1 aliphatic heterocycles. The van der Waals surface area contributed by atoms with Crippen molar-refractivity contribution in [2.75, 3.05) is 18.5 Å². The van der Waals surface area contributed by atoms with Crippen molar-refractivity contribution in [2.24, 2.45) is 0 Å². The highest BCUT2D eigenvalue weighted by Crippen LogP contribution is 2.46. The number of hydrogen-bond donors (Lipinski definition) is 2. The highest BCUT2D eigenvalue weighted by molar-refractivity contribution is 5.93. The smallest absolute Gasteiger partial charge is 0.418 e. The molecular weight excluding hydrogens is 422 g/mol. The van der Waals surface area contributed by atoms with Crippen molar-refractivity contribution in [3.05, 3.63) is 71.5 Å². The molecule has 0 amide bonds. The van der Waals surface area contributed by atoms with Gasteiger partial charge >= 0.3 is 6.18 Å². The lowest BCUT2D eigenvalue weighted by molar-refractivity contribution is -0.260. The van der Waals surface area contributed by atoms with Crippen LogP contribution in [0.15, 0.2) is 54.6 Å². The van der Waals surface area contributed by atoms with Crippen molar-refractivity contribution in [2.45, 2.75) is 43.9 Å². The van der Waals surface area contributed by atoms with Crippen LogP contribution in [0.4, 0.5) is 23.2 Å². The number of anilines is 1. The fraction of sp³-hybridized carbons (Fsp3) is 0.360. The van der Waals surface area contributed by atoms with Gasteiger partial charge < -0.3 is 15.2 Å². The Labute approximate surface area is 184 Å². The van der Waals surface area contributed by atoms with Crippen LogP contribution >= 0.6 is 0 Å². The predicted molar refractivity (Wildman–Crippen MR) is 117 cm³/mol. The molecule has 0 radical (unpaired) electrons. The van der Waals surface area contributed by atoms with Gasteiger partial charge in [-0.2, -0.15) is 13.2 Å². The van der Waals surface area contributed by atoms with E-state index in [2.05, 4.69) is 5.32 Å². The molecule has 1 atom stereocenters. The van der Waals surface area contributed by atoms with Gasteiger partial charge in [-0.3, -0.25) is 0 Å². The van der Waals surface area contributed by atoms with Crippen LogP contribution in [0.5, 0.6) is 5.75 Å². The molecule has 32 heavy (non-hydrogen) atoms. The van der Waals surface area contributed by atoms with Gasteiger partial charge in [0.25, 0.3) is 0 Å². The van der Waals surface area contributed by atoms with E-state index in [9.17, 15) is 22.7 Å². The summed E-state index contributed by atoms with van der Waals surface area (Å²) in [4.78, 5) is 0. The molecule has 3 nitrogen and oxygen atoms in total. The van der Waals surface area contributed by atoms with Gasteiger partial charge in [-0.15, -0.1) is 0 Å². The molecule has 1 unspecified atom stereocenters. The first kappa shape index (κ1) is 22.4. The fourth-order valence-electron chi connectivity index (χ4n) is 4.48. The Bertz CT molecular complexity index is 1140. The van der Waals surface area contributed by atoms with Gasteiger partial charge in [0.05, 0.1) is 13.2 Å². The summed E-state index contributed by atoms with van der Waals surface area (Å²) in [5, 5.41) is 15.3. The standard InChI is InChI=1S/C25H25F4NO2/c1-23(2,20-13-18(26)12-17-10-11-32-22(17)20)14-24(31,25(27,28)29)15-30-21-9-5-7-16-6-3-4-8-19(16)21/h3-9,12-13,30-31H,10-11,14-15H2,1-2H3. The van der Waals surface area contributed by atoms with Gasteiger partial charge in [0, 0.05) is 28.6 Å². The molecule has 0 saturated heterocycles.